The molecule has 0 fully saturated rings. The van der Waals surface area contributed by atoms with Gasteiger partial charge in [0.1, 0.15) is 0 Å². The molecular formula is C15H14. The SMILES string of the molecule is C=CCc1ccc2ccccc2c1C=C. The van der Waals surface area contributed by atoms with Crippen LogP contribution in [0.5, 0.6) is 0 Å². The fourth-order valence-electron chi connectivity index (χ4n) is 1.92. The molecule has 2 aromatic rings. The van der Waals surface area contributed by atoms with Gasteiger partial charge in [0.15, 0.2) is 0 Å². The first-order valence-corrected chi connectivity index (χ1v) is 5.11. The summed E-state index contributed by atoms with van der Waals surface area (Å²) in [6.45, 7) is 7.67. The number of allylic oxidation sites excluding steroid dienone is 1. The molecule has 2 rings (SSSR count). The van der Waals surface area contributed by atoms with Crippen molar-refractivity contribution in [2.75, 3.05) is 0 Å². The second-order valence-corrected chi connectivity index (χ2v) is 3.56. The molecule has 0 heterocycles. The van der Waals surface area contributed by atoms with E-state index in [9.17, 15) is 0 Å². The first-order valence-electron chi connectivity index (χ1n) is 5.11. The predicted octanol–water partition coefficient (Wildman–Crippen LogP) is 4.21. The fourth-order valence-corrected chi connectivity index (χ4v) is 1.92. The second-order valence-electron chi connectivity index (χ2n) is 3.56. The summed E-state index contributed by atoms with van der Waals surface area (Å²) in [5.74, 6) is 0. The topological polar surface area (TPSA) is 0 Å². The summed E-state index contributed by atoms with van der Waals surface area (Å²) >= 11 is 0. The van der Waals surface area contributed by atoms with Crippen molar-refractivity contribution in [2.24, 2.45) is 0 Å². The molecular weight excluding hydrogens is 180 g/mol. The van der Waals surface area contributed by atoms with Gasteiger partial charge in [-0.2, -0.15) is 0 Å². The largest absolute Gasteiger partial charge is 0.103 e. The molecule has 0 saturated carbocycles. The van der Waals surface area contributed by atoms with Crippen LogP contribution < -0.4 is 0 Å². The van der Waals surface area contributed by atoms with Gasteiger partial charge in [0.05, 0.1) is 0 Å². The standard InChI is InChI=1S/C15H14/c1-3-7-12-10-11-13-8-5-6-9-15(13)14(12)4-2/h3-6,8-11H,1-2,7H2. The van der Waals surface area contributed by atoms with E-state index in [-0.39, 0.29) is 0 Å². The maximum Gasteiger partial charge on any atom is -0.00940 e. The average molecular weight is 194 g/mol. The molecule has 0 aromatic heterocycles. The van der Waals surface area contributed by atoms with Gasteiger partial charge in [-0.05, 0) is 28.3 Å². The molecule has 0 nitrogen and oxygen atoms in total. The Labute approximate surface area is 90.6 Å². The van der Waals surface area contributed by atoms with Crippen molar-refractivity contribution >= 4 is 16.8 Å². The van der Waals surface area contributed by atoms with Crippen LogP contribution in [0.15, 0.2) is 55.6 Å². The van der Waals surface area contributed by atoms with Gasteiger partial charge in [-0.1, -0.05) is 55.1 Å². The molecule has 0 bridgehead atoms. The van der Waals surface area contributed by atoms with Crippen molar-refractivity contribution < 1.29 is 0 Å². The van der Waals surface area contributed by atoms with E-state index in [4.69, 9.17) is 0 Å². The van der Waals surface area contributed by atoms with Crippen molar-refractivity contribution in [1.82, 2.24) is 0 Å². The lowest BCUT2D eigenvalue weighted by molar-refractivity contribution is 1.28. The number of fused-ring (bicyclic) bond motifs is 1. The van der Waals surface area contributed by atoms with Crippen LogP contribution in [0.1, 0.15) is 11.1 Å². The summed E-state index contributed by atoms with van der Waals surface area (Å²) in [5, 5.41) is 2.53. The molecule has 0 aliphatic heterocycles. The van der Waals surface area contributed by atoms with E-state index in [1.165, 1.54) is 21.9 Å². The zero-order chi connectivity index (χ0) is 10.7. The Morgan fingerprint density at radius 1 is 1.00 bits per heavy atom. The van der Waals surface area contributed by atoms with Crippen LogP contribution >= 0.6 is 0 Å². The lowest BCUT2D eigenvalue weighted by Crippen LogP contribution is -1.88. The lowest BCUT2D eigenvalue weighted by atomic mass is 9.97. The van der Waals surface area contributed by atoms with Crippen molar-refractivity contribution in [3.8, 4) is 0 Å². The Balaban J connectivity index is 2.74. The molecule has 0 saturated heterocycles. The van der Waals surface area contributed by atoms with Crippen LogP contribution in [-0.4, -0.2) is 0 Å². The minimum absolute atomic E-state index is 0.895. The number of hydrogen-bond donors (Lipinski definition) is 0. The summed E-state index contributed by atoms with van der Waals surface area (Å²) in [6, 6.07) is 12.7. The Morgan fingerprint density at radius 2 is 1.80 bits per heavy atom. The van der Waals surface area contributed by atoms with Gasteiger partial charge < -0.3 is 0 Å². The molecule has 0 amide bonds. The molecule has 0 N–H and O–H groups in total. The van der Waals surface area contributed by atoms with E-state index in [2.05, 4.69) is 49.6 Å². The molecule has 0 aliphatic carbocycles. The zero-order valence-corrected chi connectivity index (χ0v) is 8.74. The summed E-state index contributed by atoms with van der Waals surface area (Å²) < 4.78 is 0. The third kappa shape index (κ3) is 1.71. The fraction of sp³-hybridized carbons (Fsp3) is 0.0667. The van der Waals surface area contributed by atoms with Gasteiger partial charge in [0.25, 0.3) is 0 Å². The summed E-state index contributed by atoms with van der Waals surface area (Å²) in [6.07, 6.45) is 4.75. The lowest BCUT2D eigenvalue weighted by Gasteiger charge is -2.07. The quantitative estimate of drug-likeness (QED) is 0.642. The first-order chi connectivity index (χ1) is 7.36. The Morgan fingerprint density at radius 3 is 2.53 bits per heavy atom. The molecule has 0 atom stereocenters. The highest BCUT2D eigenvalue weighted by molar-refractivity contribution is 5.91. The monoisotopic (exact) mass is 194 g/mol. The maximum atomic E-state index is 3.89. The van der Waals surface area contributed by atoms with Gasteiger partial charge in [-0.3, -0.25) is 0 Å². The Kier molecular flexibility index (Phi) is 2.68. The van der Waals surface area contributed by atoms with Crippen molar-refractivity contribution in [3.05, 3.63) is 66.8 Å². The summed E-state index contributed by atoms with van der Waals surface area (Å²) in [4.78, 5) is 0. The van der Waals surface area contributed by atoms with Gasteiger partial charge in [-0.15, -0.1) is 6.58 Å². The molecule has 74 valence electrons. The minimum Gasteiger partial charge on any atom is -0.103 e. The van der Waals surface area contributed by atoms with E-state index in [0.717, 1.165) is 6.42 Å². The van der Waals surface area contributed by atoms with Crippen LogP contribution in [-0.2, 0) is 6.42 Å². The van der Waals surface area contributed by atoms with E-state index >= 15 is 0 Å². The highest BCUT2D eigenvalue weighted by Gasteiger charge is 2.02. The van der Waals surface area contributed by atoms with Crippen LogP contribution in [0.2, 0.25) is 0 Å². The number of hydrogen-bond acceptors (Lipinski definition) is 0. The van der Waals surface area contributed by atoms with E-state index < -0.39 is 0 Å². The van der Waals surface area contributed by atoms with Gasteiger partial charge in [-0.25, -0.2) is 0 Å². The average Bonchev–Trinajstić information content (AvgIpc) is 2.29. The molecule has 15 heavy (non-hydrogen) atoms. The molecule has 2 aromatic carbocycles. The van der Waals surface area contributed by atoms with Crippen molar-refractivity contribution in [3.63, 3.8) is 0 Å². The zero-order valence-electron chi connectivity index (χ0n) is 8.74. The predicted molar refractivity (Wildman–Crippen MR) is 67.9 cm³/mol. The van der Waals surface area contributed by atoms with Crippen LogP contribution in [0.25, 0.3) is 16.8 Å². The molecule has 0 aliphatic rings. The van der Waals surface area contributed by atoms with E-state index in [0.29, 0.717) is 0 Å². The third-order valence-corrected chi connectivity index (χ3v) is 2.63. The molecule has 0 radical (unpaired) electrons. The smallest absolute Gasteiger partial charge is 0.00940 e. The van der Waals surface area contributed by atoms with Crippen molar-refractivity contribution in [1.29, 1.82) is 0 Å². The van der Waals surface area contributed by atoms with Crippen LogP contribution in [0.3, 0.4) is 0 Å². The molecule has 0 unspecified atom stereocenters. The summed E-state index contributed by atoms with van der Waals surface area (Å²) in [5.41, 5.74) is 2.52. The highest BCUT2D eigenvalue weighted by Crippen LogP contribution is 2.23. The van der Waals surface area contributed by atoms with Gasteiger partial charge >= 0.3 is 0 Å². The van der Waals surface area contributed by atoms with Crippen molar-refractivity contribution in [2.45, 2.75) is 6.42 Å². The number of rotatable bonds is 3. The normalized spacial score (nSPS) is 10.1. The summed E-state index contributed by atoms with van der Waals surface area (Å²) in [7, 11) is 0. The van der Waals surface area contributed by atoms with Gasteiger partial charge in [0.2, 0.25) is 0 Å². The van der Waals surface area contributed by atoms with Crippen LogP contribution in [0, 0.1) is 0 Å². The van der Waals surface area contributed by atoms with E-state index in [1.54, 1.807) is 0 Å². The highest BCUT2D eigenvalue weighted by atomic mass is 14.1. The molecule has 0 heteroatoms. The van der Waals surface area contributed by atoms with E-state index in [1.807, 2.05) is 12.2 Å². The molecule has 0 spiro atoms. The number of benzene rings is 2. The second kappa shape index (κ2) is 4.14. The Bertz CT molecular complexity index is 506. The maximum absolute atomic E-state index is 3.89. The van der Waals surface area contributed by atoms with Crippen LogP contribution in [0.4, 0.5) is 0 Å². The Hall–Kier alpha value is -1.82. The third-order valence-electron chi connectivity index (χ3n) is 2.63. The first kappa shape index (κ1) is 9.72. The van der Waals surface area contributed by atoms with Gasteiger partial charge in [0, 0.05) is 0 Å². The minimum atomic E-state index is 0.895.